The van der Waals surface area contributed by atoms with Crippen molar-refractivity contribution in [1.29, 1.82) is 0 Å². The largest absolute Gasteiger partial charge is 0.309 e. The van der Waals surface area contributed by atoms with Crippen LogP contribution in [0.4, 0.5) is 0 Å². The number of aromatic nitrogens is 2. The lowest BCUT2D eigenvalue weighted by Crippen LogP contribution is -2.15. The normalized spacial score (nSPS) is 13.2. The first-order chi connectivity index (χ1) is 36.9. The van der Waals surface area contributed by atoms with Gasteiger partial charge in [0.25, 0.3) is 0 Å². The maximum absolute atomic E-state index is 2.41. The van der Waals surface area contributed by atoms with Gasteiger partial charge in [-0.15, -0.1) is 22.7 Å². The Balaban J connectivity index is 0.664. The molecular formula is C71H48N2S2. The molecule has 15 rings (SSSR count). The van der Waals surface area contributed by atoms with Gasteiger partial charge >= 0.3 is 0 Å². The molecule has 4 aromatic heterocycles. The van der Waals surface area contributed by atoms with Crippen molar-refractivity contribution in [2.75, 3.05) is 0 Å². The van der Waals surface area contributed by atoms with Crippen LogP contribution in [-0.4, -0.2) is 9.13 Å². The second kappa shape index (κ2) is 17.1. The fourth-order valence-corrected chi connectivity index (χ4v) is 13.8. The highest BCUT2D eigenvalue weighted by Crippen LogP contribution is 2.50. The Kier molecular flexibility index (Phi) is 10.0. The fraction of sp³-hybridized carbons (Fsp3) is 0.0423. The van der Waals surface area contributed by atoms with Crippen LogP contribution in [-0.2, 0) is 5.41 Å². The van der Waals surface area contributed by atoms with Crippen molar-refractivity contribution >= 4 is 112 Å². The number of para-hydroxylation sites is 2. The zero-order valence-electron chi connectivity index (χ0n) is 41.5. The maximum Gasteiger partial charge on any atom is 0.0541 e. The average molecular weight is 993 g/mol. The lowest BCUT2D eigenvalue weighted by molar-refractivity contribution is 0.660. The van der Waals surface area contributed by atoms with Gasteiger partial charge < -0.3 is 9.13 Å². The molecule has 0 bridgehead atoms. The van der Waals surface area contributed by atoms with E-state index in [1.807, 2.05) is 22.7 Å². The van der Waals surface area contributed by atoms with E-state index in [2.05, 4.69) is 278 Å². The molecule has 0 amide bonds. The van der Waals surface area contributed by atoms with E-state index in [0.717, 1.165) is 0 Å². The van der Waals surface area contributed by atoms with Crippen molar-refractivity contribution < 1.29 is 0 Å². The van der Waals surface area contributed by atoms with E-state index < -0.39 is 0 Å². The summed E-state index contributed by atoms with van der Waals surface area (Å²) in [5, 5.41) is 10.1. The molecule has 0 saturated heterocycles. The van der Waals surface area contributed by atoms with Gasteiger partial charge in [-0.05, 0) is 163 Å². The fourth-order valence-electron chi connectivity index (χ4n) is 12.0. The quantitative estimate of drug-likeness (QED) is 0.144. The minimum Gasteiger partial charge on any atom is -0.309 e. The number of nitrogens with zero attached hydrogens (tertiary/aromatic N) is 2. The van der Waals surface area contributed by atoms with Gasteiger partial charge in [-0.2, -0.15) is 0 Å². The van der Waals surface area contributed by atoms with Crippen molar-refractivity contribution in [3.8, 4) is 43.4 Å². The second-order valence-corrected chi connectivity index (χ2v) is 22.8. The molecule has 10 aromatic carbocycles. The van der Waals surface area contributed by atoms with E-state index in [4.69, 9.17) is 0 Å². The van der Waals surface area contributed by atoms with Crippen molar-refractivity contribution in [3.63, 3.8) is 0 Å². The molecule has 0 saturated carbocycles. The minimum atomic E-state index is -0.128. The summed E-state index contributed by atoms with van der Waals surface area (Å²) < 4.78 is 4.82. The van der Waals surface area contributed by atoms with Gasteiger partial charge in [-0.25, -0.2) is 0 Å². The first-order valence-electron chi connectivity index (χ1n) is 25.8. The zero-order valence-corrected chi connectivity index (χ0v) is 43.1. The van der Waals surface area contributed by atoms with Gasteiger partial charge in [-0.1, -0.05) is 172 Å². The minimum absolute atomic E-state index is 0.128. The maximum atomic E-state index is 2.41. The molecule has 0 unspecified atom stereocenters. The molecule has 0 aliphatic heterocycles. The molecular weight excluding hydrogens is 945 g/mol. The topological polar surface area (TPSA) is 9.86 Å². The molecule has 4 heterocycles. The van der Waals surface area contributed by atoms with Crippen LogP contribution >= 0.6 is 22.7 Å². The Morgan fingerprint density at radius 3 is 1.24 bits per heavy atom. The Morgan fingerprint density at radius 2 is 0.760 bits per heavy atom. The molecule has 1 aliphatic carbocycles. The molecule has 0 radical (unpaired) electrons. The lowest BCUT2D eigenvalue weighted by Gasteiger charge is -2.22. The van der Waals surface area contributed by atoms with Gasteiger partial charge in [0.1, 0.15) is 0 Å². The number of fused-ring (bicyclic) bond motifs is 11. The first-order valence-corrected chi connectivity index (χ1v) is 27.4. The van der Waals surface area contributed by atoms with Gasteiger partial charge in [-0.3, -0.25) is 0 Å². The molecule has 4 heteroatoms. The molecule has 0 N–H and O–H groups in total. The number of thiophene rings is 2. The number of hydrogen-bond donors (Lipinski definition) is 0. The zero-order chi connectivity index (χ0) is 49.8. The summed E-state index contributed by atoms with van der Waals surface area (Å²) in [7, 11) is 0. The van der Waals surface area contributed by atoms with Crippen LogP contribution in [0.15, 0.2) is 231 Å². The van der Waals surface area contributed by atoms with Crippen LogP contribution in [0.1, 0.15) is 45.9 Å². The van der Waals surface area contributed by atoms with E-state index in [1.54, 1.807) is 0 Å². The van der Waals surface area contributed by atoms with E-state index in [9.17, 15) is 0 Å². The standard InChI is InChI=1S/C71H48N2S2/c1-71(2)63-39-45(19-29-55-31-37-69(74-55)51-25-35-67-61(43-51)59-15-7-9-17-65(59)72(67)53-27-23-47-11-3-5-13-49(47)41-53)21-33-57(63)58-34-22-46(40-64(58)71)20-30-56-32-38-70(75-56)52-26-36-68-62(44-52)60-16-8-10-18-66(60)73(68)54-28-24-48-12-4-6-14-50(48)42-54/h3-44H,1-2H3. The molecule has 75 heavy (non-hydrogen) atoms. The summed E-state index contributed by atoms with van der Waals surface area (Å²) in [5.41, 5.74) is 17.5. The Hall–Kier alpha value is -8.80. The highest BCUT2D eigenvalue weighted by molar-refractivity contribution is 7.16. The smallest absolute Gasteiger partial charge is 0.0541 e. The number of rotatable bonds is 8. The van der Waals surface area contributed by atoms with Crippen LogP contribution in [0, 0.1) is 0 Å². The van der Waals surface area contributed by atoms with Crippen molar-refractivity contribution in [2.24, 2.45) is 0 Å². The summed E-state index contributed by atoms with van der Waals surface area (Å²) in [4.78, 5) is 5.01. The SMILES string of the molecule is CC1(C)c2cc(C=Cc3ccc(-c4ccc5c(c4)c4ccccc4n5-c4ccc5ccccc5c4)s3)ccc2-c2ccc(C=Cc3ccc(-c4ccc5c(c4)c4ccccc4n5-c4ccc5ccccc5c4)s3)cc21. The van der Waals surface area contributed by atoms with Crippen LogP contribution < -0.4 is 0 Å². The summed E-state index contributed by atoms with van der Waals surface area (Å²) in [5.74, 6) is 0. The van der Waals surface area contributed by atoms with Crippen LogP contribution in [0.2, 0.25) is 0 Å². The van der Waals surface area contributed by atoms with Gasteiger partial charge in [0.2, 0.25) is 0 Å². The molecule has 2 nitrogen and oxygen atoms in total. The predicted molar refractivity (Wildman–Crippen MR) is 325 cm³/mol. The van der Waals surface area contributed by atoms with Crippen LogP contribution in [0.3, 0.4) is 0 Å². The first kappa shape index (κ1) is 43.8. The molecule has 354 valence electrons. The predicted octanol–water partition coefficient (Wildman–Crippen LogP) is 20.3. The van der Waals surface area contributed by atoms with Crippen molar-refractivity contribution in [2.45, 2.75) is 19.3 Å². The highest BCUT2D eigenvalue weighted by atomic mass is 32.1. The van der Waals surface area contributed by atoms with E-state index in [0.29, 0.717) is 0 Å². The van der Waals surface area contributed by atoms with E-state index in [1.165, 1.54) is 141 Å². The highest BCUT2D eigenvalue weighted by Gasteiger charge is 2.35. The molecule has 1 aliphatic rings. The van der Waals surface area contributed by atoms with Crippen molar-refractivity contribution in [1.82, 2.24) is 9.13 Å². The number of benzene rings is 10. The summed E-state index contributed by atoms with van der Waals surface area (Å²) in [6.07, 6.45) is 9.11. The van der Waals surface area contributed by atoms with Gasteiger partial charge in [0.05, 0.1) is 22.1 Å². The third-order valence-electron chi connectivity index (χ3n) is 15.8. The summed E-state index contributed by atoms with van der Waals surface area (Å²) >= 11 is 3.69. The van der Waals surface area contributed by atoms with Gasteiger partial charge in [0, 0.05) is 57.8 Å². The molecule has 0 fully saturated rings. The second-order valence-electron chi connectivity index (χ2n) is 20.5. The Bertz CT molecular complexity index is 4400. The summed E-state index contributed by atoms with van der Waals surface area (Å²) in [6.45, 7) is 4.75. The third-order valence-corrected chi connectivity index (χ3v) is 18.0. The molecule has 14 aromatic rings. The number of hydrogen-bond acceptors (Lipinski definition) is 2. The van der Waals surface area contributed by atoms with Crippen LogP contribution in [0.5, 0.6) is 0 Å². The van der Waals surface area contributed by atoms with Crippen molar-refractivity contribution in [3.05, 3.63) is 263 Å². The molecule has 0 spiro atoms. The average Bonchev–Trinajstić information content (AvgIpc) is 4.34. The Morgan fingerprint density at radius 1 is 0.333 bits per heavy atom. The summed E-state index contributed by atoms with van der Waals surface area (Å²) in [6, 6.07) is 85.3. The van der Waals surface area contributed by atoms with E-state index >= 15 is 0 Å². The lowest BCUT2D eigenvalue weighted by atomic mass is 9.81. The molecule has 0 atom stereocenters. The monoisotopic (exact) mass is 992 g/mol. The van der Waals surface area contributed by atoms with Crippen LogP contribution in [0.25, 0.3) is 133 Å². The van der Waals surface area contributed by atoms with E-state index in [-0.39, 0.29) is 5.41 Å². The van der Waals surface area contributed by atoms with Gasteiger partial charge in [0.15, 0.2) is 0 Å². The third kappa shape index (κ3) is 7.28. The Labute approximate surface area is 443 Å².